The molecule has 26 heavy (non-hydrogen) atoms. The molecule has 1 unspecified atom stereocenters. The molecule has 2 aliphatic heterocycles. The van der Waals surface area contributed by atoms with Crippen molar-refractivity contribution < 1.29 is 14.2 Å². The highest BCUT2D eigenvalue weighted by Crippen LogP contribution is 2.29. The Kier molecular flexibility index (Phi) is 4.93. The van der Waals surface area contributed by atoms with Crippen molar-refractivity contribution in [1.82, 2.24) is 9.97 Å². The van der Waals surface area contributed by atoms with Crippen LogP contribution in [0.5, 0.6) is 0 Å². The minimum atomic E-state index is -0.363. The molecule has 8 heteroatoms. The van der Waals surface area contributed by atoms with E-state index in [1.807, 2.05) is 15.9 Å². The van der Waals surface area contributed by atoms with Crippen LogP contribution in [-0.2, 0) is 4.74 Å². The lowest BCUT2D eigenvalue weighted by Gasteiger charge is -2.29. The lowest BCUT2D eigenvalue weighted by atomic mass is 10.1. The minimum Gasteiger partial charge on any atom is -0.391 e. The van der Waals surface area contributed by atoms with Crippen molar-refractivity contribution in [2.75, 3.05) is 49.2 Å². The molecule has 0 amide bonds. The third kappa shape index (κ3) is 3.60. The number of rotatable bonds is 3. The summed E-state index contributed by atoms with van der Waals surface area (Å²) < 4.78 is 20.0. The van der Waals surface area contributed by atoms with E-state index in [9.17, 15) is 9.50 Å². The van der Waals surface area contributed by atoms with Crippen molar-refractivity contribution in [2.24, 2.45) is 0 Å². The van der Waals surface area contributed by atoms with Crippen molar-refractivity contribution in [3.05, 3.63) is 35.4 Å². The van der Waals surface area contributed by atoms with E-state index in [-0.39, 0.29) is 17.2 Å². The van der Waals surface area contributed by atoms with Crippen LogP contribution in [0.4, 0.5) is 15.9 Å². The van der Waals surface area contributed by atoms with E-state index in [0.717, 1.165) is 0 Å². The molecule has 1 aromatic heterocycles. The second-order valence-corrected chi connectivity index (χ2v) is 6.87. The molecule has 6 nitrogen and oxygen atoms in total. The number of aliphatic hydroxyl groups is 1. The molecule has 2 fully saturated rings. The predicted octanol–water partition coefficient (Wildman–Crippen LogP) is 2.34. The molecule has 2 aliphatic rings. The molecule has 1 N–H and O–H groups in total. The Hall–Kier alpha value is -1.96. The first-order chi connectivity index (χ1) is 12.6. The number of aliphatic hydroxyl groups excluding tert-OH is 1. The number of β-amino-alcohol motifs (C(OH)–C–C–N with tert-alkyl or cyclic N) is 1. The van der Waals surface area contributed by atoms with Crippen LogP contribution in [0.3, 0.4) is 0 Å². The van der Waals surface area contributed by atoms with Crippen LogP contribution in [0.15, 0.2) is 24.3 Å². The quantitative estimate of drug-likeness (QED) is 0.827. The number of morpholine rings is 1. The van der Waals surface area contributed by atoms with Crippen LogP contribution in [0, 0.1) is 5.82 Å². The first-order valence-electron chi connectivity index (χ1n) is 8.70. The first-order valence-corrected chi connectivity index (χ1v) is 9.08. The standard InChI is InChI=1S/C18H20ClFN4O2/c19-18-21-15(10-17(22-18)24-4-3-13(25)11-24)12-1-2-16(14(20)9-12)23-5-7-26-8-6-23/h1-2,9-10,13,25H,3-8,11H2. The molecule has 0 spiro atoms. The second-order valence-electron chi connectivity index (χ2n) is 6.53. The molecule has 138 valence electrons. The number of nitrogens with zero attached hydrogens (tertiary/aromatic N) is 4. The van der Waals surface area contributed by atoms with E-state index in [0.29, 0.717) is 68.6 Å². The molecule has 1 aromatic carbocycles. The number of anilines is 2. The van der Waals surface area contributed by atoms with Crippen molar-refractivity contribution >= 4 is 23.1 Å². The van der Waals surface area contributed by atoms with Gasteiger partial charge >= 0.3 is 0 Å². The van der Waals surface area contributed by atoms with Crippen molar-refractivity contribution in [3.63, 3.8) is 0 Å². The van der Waals surface area contributed by atoms with Crippen LogP contribution in [0.2, 0.25) is 5.28 Å². The summed E-state index contributed by atoms with van der Waals surface area (Å²) >= 11 is 6.08. The maximum atomic E-state index is 14.7. The SMILES string of the molecule is OC1CCN(c2cc(-c3ccc(N4CCOCC4)c(F)c3)nc(Cl)n2)C1. The third-order valence-electron chi connectivity index (χ3n) is 4.77. The fraction of sp³-hybridized carbons (Fsp3) is 0.444. The molecule has 0 radical (unpaired) electrons. The predicted molar refractivity (Wildman–Crippen MR) is 98.3 cm³/mol. The van der Waals surface area contributed by atoms with E-state index in [1.165, 1.54) is 6.07 Å². The summed E-state index contributed by atoms with van der Waals surface area (Å²) in [5, 5.41) is 9.83. The normalized spacial score (nSPS) is 20.7. The largest absolute Gasteiger partial charge is 0.391 e. The summed E-state index contributed by atoms with van der Waals surface area (Å²) in [5.74, 6) is 0.353. The van der Waals surface area contributed by atoms with Crippen LogP contribution in [0.1, 0.15) is 6.42 Å². The van der Waals surface area contributed by atoms with Gasteiger partial charge in [-0.25, -0.2) is 14.4 Å². The minimum absolute atomic E-state index is 0.108. The topological polar surface area (TPSA) is 61.7 Å². The highest BCUT2D eigenvalue weighted by molar-refractivity contribution is 6.28. The number of benzene rings is 1. The van der Waals surface area contributed by atoms with Crippen LogP contribution in [-0.4, -0.2) is 60.6 Å². The van der Waals surface area contributed by atoms with Gasteiger partial charge in [-0.3, -0.25) is 0 Å². The van der Waals surface area contributed by atoms with Gasteiger partial charge in [0.05, 0.1) is 30.7 Å². The van der Waals surface area contributed by atoms with Crippen LogP contribution in [0.25, 0.3) is 11.3 Å². The van der Waals surface area contributed by atoms with Gasteiger partial charge in [0.25, 0.3) is 0 Å². The zero-order valence-electron chi connectivity index (χ0n) is 14.2. The summed E-state index contributed by atoms with van der Waals surface area (Å²) in [6, 6.07) is 6.87. The molecule has 0 bridgehead atoms. The summed E-state index contributed by atoms with van der Waals surface area (Å²) in [6.07, 6.45) is 0.331. The molecule has 2 aromatic rings. The van der Waals surface area contributed by atoms with E-state index >= 15 is 0 Å². The molecule has 1 atom stereocenters. The Morgan fingerprint density at radius 3 is 2.62 bits per heavy atom. The molecular formula is C18H20ClFN4O2. The van der Waals surface area contributed by atoms with Gasteiger partial charge in [-0.05, 0) is 30.2 Å². The number of hydrogen-bond acceptors (Lipinski definition) is 6. The van der Waals surface area contributed by atoms with E-state index < -0.39 is 0 Å². The maximum Gasteiger partial charge on any atom is 0.224 e. The second kappa shape index (κ2) is 7.34. The van der Waals surface area contributed by atoms with E-state index in [1.54, 1.807) is 12.1 Å². The fourth-order valence-corrected chi connectivity index (χ4v) is 3.57. The monoisotopic (exact) mass is 378 g/mol. The van der Waals surface area contributed by atoms with Gasteiger partial charge in [0.15, 0.2) is 0 Å². The lowest BCUT2D eigenvalue weighted by molar-refractivity contribution is 0.122. The molecule has 3 heterocycles. The number of halogens is 2. The summed E-state index contributed by atoms with van der Waals surface area (Å²) in [7, 11) is 0. The van der Waals surface area contributed by atoms with Crippen molar-refractivity contribution in [3.8, 4) is 11.3 Å². The Labute approximate surface area is 156 Å². The first kappa shape index (κ1) is 17.5. The number of hydrogen-bond donors (Lipinski definition) is 1. The molecule has 4 rings (SSSR count). The Balaban J connectivity index is 1.62. The van der Waals surface area contributed by atoms with Crippen molar-refractivity contribution in [1.29, 1.82) is 0 Å². The Morgan fingerprint density at radius 2 is 1.92 bits per heavy atom. The lowest BCUT2D eigenvalue weighted by Crippen LogP contribution is -2.36. The molecule has 2 saturated heterocycles. The van der Waals surface area contributed by atoms with Crippen molar-refractivity contribution in [2.45, 2.75) is 12.5 Å². The zero-order chi connectivity index (χ0) is 18.1. The fourth-order valence-electron chi connectivity index (χ4n) is 3.39. The van der Waals surface area contributed by atoms with Gasteiger partial charge in [0, 0.05) is 37.8 Å². The zero-order valence-corrected chi connectivity index (χ0v) is 15.0. The maximum absolute atomic E-state index is 14.7. The number of ether oxygens (including phenoxy) is 1. The van der Waals surface area contributed by atoms with E-state index in [4.69, 9.17) is 16.3 Å². The molecule has 0 saturated carbocycles. The highest BCUT2D eigenvalue weighted by Gasteiger charge is 2.23. The average molecular weight is 379 g/mol. The summed E-state index contributed by atoms with van der Waals surface area (Å²) in [5.41, 5.74) is 1.78. The summed E-state index contributed by atoms with van der Waals surface area (Å²) in [6.45, 7) is 3.78. The van der Waals surface area contributed by atoms with Gasteiger partial charge in [0.1, 0.15) is 11.6 Å². The molecular weight excluding hydrogens is 359 g/mol. The van der Waals surface area contributed by atoms with E-state index in [2.05, 4.69) is 9.97 Å². The van der Waals surface area contributed by atoms with Gasteiger partial charge in [-0.2, -0.15) is 0 Å². The Bertz CT molecular complexity index is 801. The Morgan fingerprint density at radius 1 is 1.12 bits per heavy atom. The highest BCUT2D eigenvalue weighted by atomic mass is 35.5. The van der Waals surface area contributed by atoms with Gasteiger partial charge in [0.2, 0.25) is 5.28 Å². The molecule has 0 aliphatic carbocycles. The van der Waals surface area contributed by atoms with Gasteiger partial charge in [-0.15, -0.1) is 0 Å². The number of aromatic nitrogens is 2. The summed E-state index contributed by atoms with van der Waals surface area (Å²) in [4.78, 5) is 12.4. The van der Waals surface area contributed by atoms with Crippen LogP contribution >= 0.6 is 11.6 Å². The third-order valence-corrected chi connectivity index (χ3v) is 4.94. The van der Waals surface area contributed by atoms with Crippen LogP contribution < -0.4 is 9.80 Å². The smallest absolute Gasteiger partial charge is 0.224 e. The van der Waals surface area contributed by atoms with Gasteiger partial charge in [-0.1, -0.05) is 6.07 Å². The average Bonchev–Trinajstić information content (AvgIpc) is 3.08. The van der Waals surface area contributed by atoms with Gasteiger partial charge < -0.3 is 19.6 Å².